The average molecular weight is 295 g/mol. The van der Waals surface area contributed by atoms with Gasteiger partial charge in [-0.15, -0.1) is 0 Å². The number of halogens is 2. The maximum absolute atomic E-state index is 13.4. The van der Waals surface area contributed by atoms with Gasteiger partial charge in [-0.25, -0.2) is 4.39 Å². The summed E-state index contributed by atoms with van der Waals surface area (Å²) in [5.74, 6) is -0.304. The summed E-state index contributed by atoms with van der Waals surface area (Å²) in [4.78, 5) is 0. The van der Waals surface area contributed by atoms with Crippen molar-refractivity contribution in [3.8, 4) is 0 Å². The molecule has 0 aliphatic rings. The lowest BCUT2D eigenvalue weighted by atomic mass is 10.1. The number of nitrogens with one attached hydrogen (secondary N) is 1. The molecule has 2 nitrogen and oxygen atoms in total. The normalized spacial score (nSPS) is 10.3. The molecule has 0 saturated carbocycles. The second-order valence-corrected chi connectivity index (χ2v) is 4.65. The average Bonchev–Trinajstić information content (AvgIpc) is 2.28. The largest absolute Gasteiger partial charge is 0.397 e. The second kappa shape index (κ2) is 4.75. The van der Waals surface area contributed by atoms with Gasteiger partial charge in [-0.3, -0.25) is 0 Å². The smallest absolute Gasteiger partial charge is 0.139 e. The van der Waals surface area contributed by atoms with Gasteiger partial charge in [-0.1, -0.05) is 12.1 Å². The highest BCUT2D eigenvalue weighted by molar-refractivity contribution is 9.10. The predicted molar refractivity (Wildman–Crippen MR) is 73.0 cm³/mol. The minimum atomic E-state index is -0.304. The maximum Gasteiger partial charge on any atom is 0.139 e. The summed E-state index contributed by atoms with van der Waals surface area (Å²) >= 11 is 3.12. The Balaban J connectivity index is 2.35. The Morgan fingerprint density at radius 2 is 2.00 bits per heavy atom. The van der Waals surface area contributed by atoms with Gasteiger partial charge in [-0.2, -0.15) is 0 Å². The Hall–Kier alpha value is -1.55. The van der Waals surface area contributed by atoms with E-state index in [0.717, 1.165) is 11.3 Å². The van der Waals surface area contributed by atoms with Crippen molar-refractivity contribution in [1.29, 1.82) is 0 Å². The molecule has 0 atom stereocenters. The van der Waals surface area contributed by atoms with Crippen molar-refractivity contribution in [2.75, 3.05) is 11.1 Å². The Morgan fingerprint density at radius 3 is 2.65 bits per heavy atom. The lowest BCUT2D eigenvalue weighted by molar-refractivity contribution is 0.622. The van der Waals surface area contributed by atoms with Gasteiger partial charge in [-0.05, 0) is 52.7 Å². The highest BCUT2D eigenvalue weighted by Crippen LogP contribution is 2.28. The molecule has 0 aromatic heterocycles. The fraction of sp³-hybridized carbons (Fsp3) is 0.0769. The maximum atomic E-state index is 13.4. The number of benzene rings is 2. The van der Waals surface area contributed by atoms with Crippen LogP contribution in [-0.4, -0.2) is 0 Å². The van der Waals surface area contributed by atoms with Crippen LogP contribution in [0.25, 0.3) is 0 Å². The summed E-state index contributed by atoms with van der Waals surface area (Å²) in [7, 11) is 0. The van der Waals surface area contributed by atoms with Gasteiger partial charge >= 0.3 is 0 Å². The molecule has 2 aromatic carbocycles. The topological polar surface area (TPSA) is 38.0 Å². The van der Waals surface area contributed by atoms with E-state index in [1.165, 1.54) is 6.07 Å². The van der Waals surface area contributed by atoms with Crippen LogP contribution in [0.1, 0.15) is 5.56 Å². The van der Waals surface area contributed by atoms with Gasteiger partial charge in [0.25, 0.3) is 0 Å². The van der Waals surface area contributed by atoms with Crippen LogP contribution in [0, 0.1) is 12.7 Å². The van der Waals surface area contributed by atoms with E-state index in [9.17, 15) is 4.39 Å². The molecule has 2 rings (SSSR count). The number of para-hydroxylation sites is 1. The van der Waals surface area contributed by atoms with Crippen LogP contribution in [0.5, 0.6) is 0 Å². The predicted octanol–water partition coefficient (Wildman–Crippen LogP) is 4.22. The van der Waals surface area contributed by atoms with Gasteiger partial charge in [0, 0.05) is 5.69 Å². The number of rotatable bonds is 2. The number of anilines is 3. The molecule has 3 N–H and O–H groups in total. The molecular weight excluding hydrogens is 283 g/mol. The summed E-state index contributed by atoms with van der Waals surface area (Å²) in [6.45, 7) is 1.95. The number of hydrogen-bond acceptors (Lipinski definition) is 2. The van der Waals surface area contributed by atoms with Gasteiger partial charge in [0.15, 0.2) is 0 Å². The van der Waals surface area contributed by atoms with Gasteiger partial charge < -0.3 is 11.1 Å². The fourth-order valence-electron chi connectivity index (χ4n) is 1.58. The first-order chi connectivity index (χ1) is 8.08. The van der Waals surface area contributed by atoms with Gasteiger partial charge in [0.1, 0.15) is 5.82 Å². The van der Waals surface area contributed by atoms with Crippen LogP contribution in [0.3, 0.4) is 0 Å². The second-order valence-electron chi connectivity index (χ2n) is 3.79. The third-order valence-corrected chi connectivity index (χ3v) is 3.14. The molecule has 0 aliphatic carbocycles. The Bertz CT molecular complexity index is 535. The monoisotopic (exact) mass is 294 g/mol. The Kier molecular flexibility index (Phi) is 3.33. The van der Waals surface area contributed by atoms with Crippen molar-refractivity contribution in [2.45, 2.75) is 6.92 Å². The molecule has 0 amide bonds. The molecule has 0 heterocycles. The summed E-state index contributed by atoms with van der Waals surface area (Å²) in [5.41, 5.74) is 9.03. The standard InChI is InChI=1S/C13H12BrFN2/c1-8-3-2-4-12(16)13(8)17-9-5-6-10(14)11(15)7-9/h2-7,17H,16H2,1H3. The highest BCUT2D eigenvalue weighted by Gasteiger charge is 2.05. The molecule has 17 heavy (non-hydrogen) atoms. The van der Waals surface area contributed by atoms with Crippen molar-refractivity contribution in [3.05, 3.63) is 52.3 Å². The number of aryl methyl sites for hydroxylation is 1. The summed E-state index contributed by atoms with van der Waals surface area (Å²) in [6, 6.07) is 10.5. The number of nitrogens with two attached hydrogens (primary N) is 1. The third-order valence-electron chi connectivity index (χ3n) is 2.49. The first kappa shape index (κ1) is 11.9. The van der Waals surface area contributed by atoms with Crippen molar-refractivity contribution in [1.82, 2.24) is 0 Å². The molecule has 2 aromatic rings. The Labute approximate surface area is 108 Å². The zero-order chi connectivity index (χ0) is 12.4. The molecule has 0 unspecified atom stereocenters. The van der Waals surface area contributed by atoms with E-state index in [2.05, 4.69) is 21.2 Å². The summed E-state index contributed by atoms with van der Waals surface area (Å²) < 4.78 is 13.8. The van der Waals surface area contributed by atoms with Crippen LogP contribution in [-0.2, 0) is 0 Å². The Morgan fingerprint density at radius 1 is 1.24 bits per heavy atom. The van der Waals surface area contributed by atoms with E-state index in [1.807, 2.05) is 25.1 Å². The van der Waals surface area contributed by atoms with E-state index < -0.39 is 0 Å². The molecule has 88 valence electrons. The molecule has 0 saturated heterocycles. The molecule has 0 aliphatic heterocycles. The third kappa shape index (κ3) is 2.58. The van der Waals surface area contributed by atoms with Crippen LogP contribution in [0.15, 0.2) is 40.9 Å². The SMILES string of the molecule is Cc1cccc(N)c1Nc1ccc(Br)c(F)c1. The molecule has 0 radical (unpaired) electrons. The van der Waals surface area contributed by atoms with Crippen LogP contribution < -0.4 is 11.1 Å². The number of hydrogen-bond donors (Lipinski definition) is 2. The fourth-order valence-corrected chi connectivity index (χ4v) is 1.83. The summed E-state index contributed by atoms with van der Waals surface area (Å²) in [5, 5.41) is 3.12. The molecule has 0 fully saturated rings. The van der Waals surface area contributed by atoms with Crippen molar-refractivity contribution >= 4 is 33.0 Å². The quantitative estimate of drug-likeness (QED) is 0.814. The molecule has 4 heteroatoms. The molecule has 0 bridgehead atoms. The van der Waals surface area contributed by atoms with Crippen LogP contribution >= 0.6 is 15.9 Å². The molecular formula is C13H12BrFN2. The van der Waals surface area contributed by atoms with Crippen molar-refractivity contribution < 1.29 is 4.39 Å². The zero-order valence-corrected chi connectivity index (χ0v) is 10.9. The lowest BCUT2D eigenvalue weighted by Gasteiger charge is -2.12. The molecule has 0 spiro atoms. The van der Waals surface area contributed by atoms with E-state index in [0.29, 0.717) is 15.8 Å². The van der Waals surface area contributed by atoms with Gasteiger partial charge in [0.05, 0.1) is 15.8 Å². The first-order valence-corrected chi connectivity index (χ1v) is 5.94. The lowest BCUT2D eigenvalue weighted by Crippen LogP contribution is -1.98. The van der Waals surface area contributed by atoms with Crippen molar-refractivity contribution in [3.63, 3.8) is 0 Å². The van der Waals surface area contributed by atoms with E-state index >= 15 is 0 Å². The highest BCUT2D eigenvalue weighted by atomic mass is 79.9. The first-order valence-electron chi connectivity index (χ1n) is 5.15. The van der Waals surface area contributed by atoms with E-state index in [-0.39, 0.29) is 5.82 Å². The van der Waals surface area contributed by atoms with E-state index in [1.54, 1.807) is 12.1 Å². The van der Waals surface area contributed by atoms with Gasteiger partial charge in [0.2, 0.25) is 0 Å². The minimum Gasteiger partial charge on any atom is -0.397 e. The minimum absolute atomic E-state index is 0.304. The van der Waals surface area contributed by atoms with E-state index in [4.69, 9.17) is 5.73 Å². The zero-order valence-electron chi connectivity index (χ0n) is 9.30. The summed E-state index contributed by atoms with van der Waals surface area (Å²) in [6.07, 6.45) is 0. The van der Waals surface area contributed by atoms with Crippen LogP contribution in [0.4, 0.5) is 21.5 Å². The van der Waals surface area contributed by atoms with Crippen LogP contribution in [0.2, 0.25) is 0 Å². The van der Waals surface area contributed by atoms with Crippen molar-refractivity contribution in [2.24, 2.45) is 0 Å². The number of nitrogen functional groups attached to an aromatic ring is 1.